The fourth-order valence-corrected chi connectivity index (χ4v) is 6.15. The first kappa shape index (κ1) is 25.5. The van der Waals surface area contributed by atoms with Crippen molar-refractivity contribution in [2.24, 2.45) is 0 Å². The molecule has 7 nitrogen and oxygen atoms in total. The van der Waals surface area contributed by atoms with E-state index in [2.05, 4.69) is 28.6 Å². The van der Waals surface area contributed by atoms with E-state index in [1.165, 1.54) is 12.1 Å². The molecule has 7 rings (SSSR count). The average Bonchev–Trinajstić information content (AvgIpc) is 3.57. The first-order chi connectivity index (χ1) is 21.1. The van der Waals surface area contributed by atoms with Crippen LogP contribution in [0.3, 0.4) is 0 Å². The van der Waals surface area contributed by atoms with Crippen molar-refractivity contribution < 1.29 is 0 Å². The Hall–Kier alpha value is -6.45. The monoisotopic (exact) mass is 565 g/mol. The summed E-state index contributed by atoms with van der Waals surface area (Å²) in [6.07, 6.45) is 0. The molecule has 2 heterocycles. The van der Waals surface area contributed by atoms with Crippen LogP contribution in [-0.4, -0.2) is 13.7 Å². The van der Waals surface area contributed by atoms with Crippen LogP contribution in [0.5, 0.6) is 0 Å². The van der Waals surface area contributed by atoms with Gasteiger partial charge in [-0.05, 0) is 41.5 Å². The molecule has 0 fully saturated rings. The van der Waals surface area contributed by atoms with E-state index in [0.29, 0.717) is 22.4 Å². The summed E-state index contributed by atoms with van der Waals surface area (Å²) in [5.41, 5.74) is 7.91. The van der Waals surface area contributed by atoms with Crippen LogP contribution < -0.4 is 0 Å². The molecular formula is C35H15N7S. The Morgan fingerprint density at radius 2 is 1.21 bits per heavy atom. The Balaban J connectivity index is 1.50. The molecule has 0 aliphatic heterocycles. The van der Waals surface area contributed by atoms with Crippen LogP contribution in [-0.2, 0) is 0 Å². The van der Waals surface area contributed by atoms with Crippen molar-refractivity contribution in [2.45, 2.75) is 0 Å². The second-order valence-corrected chi connectivity index (χ2v) is 10.3. The molecule has 0 bridgehead atoms. The first-order valence-electron chi connectivity index (χ1n) is 13.1. The van der Waals surface area contributed by atoms with Crippen molar-refractivity contribution in [3.8, 4) is 57.8 Å². The molecule has 0 spiro atoms. The summed E-state index contributed by atoms with van der Waals surface area (Å²) < 4.78 is 9.41. The van der Waals surface area contributed by atoms with Crippen LogP contribution in [0.2, 0.25) is 0 Å². The third-order valence-corrected chi connectivity index (χ3v) is 8.02. The lowest BCUT2D eigenvalue weighted by atomic mass is 9.90. The minimum atomic E-state index is 0.262. The van der Waals surface area contributed by atoms with E-state index in [1.807, 2.05) is 72.8 Å². The third kappa shape index (κ3) is 4.04. The standard InChI is InChI=1S/C35H15N7S/c36-16-20-13-24(18-38)31(25(14-20)19-39)22-11-9-21(10-12-22)28-15-29-32(35-34(28)41-43-42-35)27-7-3-4-8-30(27)40-33(29)26-6-2-1-5-23(26)17-37/h1-15H. The van der Waals surface area contributed by atoms with Gasteiger partial charge in [-0.1, -0.05) is 60.7 Å². The van der Waals surface area contributed by atoms with Crippen LogP contribution >= 0.6 is 11.7 Å². The molecule has 0 aliphatic carbocycles. The number of para-hydroxylation sites is 1. The van der Waals surface area contributed by atoms with Gasteiger partial charge in [-0.3, -0.25) is 0 Å². The molecule has 43 heavy (non-hydrogen) atoms. The lowest BCUT2D eigenvalue weighted by Crippen LogP contribution is -1.95. The molecule has 0 unspecified atom stereocenters. The van der Waals surface area contributed by atoms with Gasteiger partial charge >= 0.3 is 0 Å². The fourth-order valence-electron chi connectivity index (χ4n) is 5.59. The molecule has 0 N–H and O–H groups in total. The summed E-state index contributed by atoms with van der Waals surface area (Å²) in [6.45, 7) is 0. The Kier molecular flexibility index (Phi) is 6.04. The molecule has 5 aromatic carbocycles. The van der Waals surface area contributed by atoms with Crippen LogP contribution in [0.1, 0.15) is 22.3 Å². The Bertz CT molecular complexity index is 2410. The van der Waals surface area contributed by atoms with Gasteiger partial charge in [-0.25, -0.2) is 4.98 Å². The Morgan fingerprint density at radius 3 is 1.93 bits per heavy atom. The summed E-state index contributed by atoms with van der Waals surface area (Å²) in [7, 11) is 0. The maximum absolute atomic E-state index is 9.91. The number of nitrogens with zero attached hydrogens (tertiary/aromatic N) is 7. The van der Waals surface area contributed by atoms with E-state index in [9.17, 15) is 21.0 Å². The molecule has 0 saturated heterocycles. The quantitative estimate of drug-likeness (QED) is 0.199. The molecule has 2 aromatic heterocycles. The van der Waals surface area contributed by atoms with Gasteiger partial charge in [0, 0.05) is 32.8 Å². The number of hydrogen-bond donors (Lipinski definition) is 0. The van der Waals surface area contributed by atoms with Crippen LogP contribution in [0, 0.1) is 45.3 Å². The largest absolute Gasteiger partial charge is 0.247 e. The number of benzene rings is 5. The van der Waals surface area contributed by atoms with Crippen LogP contribution in [0.25, 0.3) is 66.2 Å². The molecule has 0 saturated carbocycles. The van der Waals surface area contributed by atoms with Gasteiger partial charge in [-0.15, -0.1) is 0 Å². The maximum atomic E-state index is 9.91. The second-order valence-electron chi connectivity index (χ2n) is 9.80. The van der Waals surface area contributed by atoms with Gasteiger partial charge in [-0.2, -0.15) is 29.8 Å². The van der Waals surface area contributed by atoms with Crippen molar-refractivity contribution in [2.75, 3.05) is 0 Å². The smallest absolute Gasteiger partial charge is 0.114 e. The lowest BCUT2D eigenvalue weighted by molar-refractivity contribution is 1.40. The highest BCUT2D eigenvalue weighted by molar-refractivity contribution is 7.00. The van der Waals surface area contributed by atoms with E-state index in [0.717, 1.165) is 61.1 Å². The number of nitriles is 4. The van der Waals surface area contributed by atoms with Crippen molar-refractivity contribution in [3.63, 3.8) is 0 Å². The highest BCUT2D eigenvalue weighted by atomic mass is 32.1. The van der Waals surface area contributed by atoms with Crippen molar-refractivity contribution in [1.82, 2.24) is 13.7 Å². The van der Waals surface area contributed by atoms with Gasteiger partial charge in [0.25, 0.3) is 0 Å². The third-order valence-electron chi connectivity index (χ3n) is 7.49. The number of fused-ring (bicyclic) bond motifs is 5. The molecule has 7 aromatic rings. The number of aromatic nitrogens is 3. The average molecular weight is 566 g/mol. The van der Waals surface area contributed by atoms with E-state index in [4.69, 9.17) is 9.36 Å². The van der Waals surface area contributed by atoms with Crippen molar-refractivity contribution in [1.29, 1.82) is 21.0 Å². The zero-order valence-electron chi connectivity index (χ0n) is 22.2. The number of rotatable bonds is 3. The van der Waals surface area contributed by atoms with E-state index in [1.54, 1.807) is 6.07 Å². The molecule has 196 valence electrons. The second kappa shape index (κ2) is 10.2. The van der Waals surface area contributed by atoms with E-state index in [-0.39, 0.29) is 16.7 Å². The predicted octanol–water partition coefficient (Wildman–Crippen LogP) is 7.88. The molecule has 0 radical (unpaired) electrons. The van der Waals surface area contributed by atoms with Gasteiger partial charge in [0.2, 0.25) is 0 Å². The predicted molar refractivity (Wildman–Crippen MR) is 165 cm³/mol. The highest BCUT2D eigenvalue weighted by Gasteiger charge is 2.21. The maximum Gasteiger partial charge on any atom is 0.114 e. The summed E-state index contributed by atoms with van der Waals surface area (Å²) in [6, 6.07) is 36.5. The number of pyridine rings is 1. The zero-order valence-corrected chi connectivity index (χ0v) is 23.0. The van der Waals surface area contributed by atoms with Crippen molar-refractivity contribution >= 4 is 44.4 Å². The molecule has 0 aliphatic rings. The summed E-state index contributed by atoms with van der Waals surface area (Å²) >= 11 is 1.14. The summed E-state index contributed by atoms with van der Waals surface area (Å²) in [5, 5.41) is 41.5. The van der Waals surface area contributed by atoms with Gasteiger partial charge in [0.1, 0.15) is 11.0 Å². The van der Waals surface area contributed by atoms with Crippen molar-refractivity contribution in [3.05, 3.63) is 113 Å². The van der Waals surface area contributed by atoms with Crippen LogP contribution in [0.15, 0.2) is 91.0 Å². The van der Waals surface area contributed by atoms with E-state index < -0.39 is 0 Å². The molecular weight excluding hydrogens is 551 g/mol. The van der Waals surface area contributed by atoms with E-state index >= 15 is 0 Å². The molecule has 0 atom stereocenters. The fraction of sp³-hybridized carbons (Fsp3) is 0. The van der Waals surface area contributed by atoms with Gasteiger partial charge in [0.15, 0.2) is 0 Å². The summed E-state index contributed by atoms with van der Waals surface area (Å²) in [4.78, 5) is 5.03. The van der Waals surface area contributed by atoms with Crippen LogP contribution in [0.4, 0.5) is 0 Å². The number of hydrogen-bond acceptors (Lipinski definition) is 8. The zero-order chi connectivity index (χ0) is 29.5. The lowest BCUT2D eigenvalue weighted by Gasteiger charge is -2.14. The first-order valence-corrected chi connectivity index (χ1v) is 13.8. The highest BCUT2D eigenvalue weighted by Crippen LogP contribution is 2.42. The Morgan fingerprint density at radius 1 is 0.558 bits per heavy atom. The minimum absolute atomic E-state index is 0.262. The summed E-state index contributed by atoms with van der Waals surface area (Å²) in [5.74, 6) is 0. The minimum Gasteiger partial charge on any atom is -0.247 e. The Labute approximate surface area is 249 Å². The normalized spacial score (nSPS) is 10.7. The molecule has 8 heteroatoms. The SMILES string of the molecule is N#Cc1cc(C#N)c(-c2ccc(-c3cc4c(-c5ccccc5C#N)nc5ccccc5c4c4nsnc34)cc2)c(C#N)c1. The molecule has 0 amide bonds. The topological polar surface area (TPSA) is 134 Å². The van der Waals surface area contributed by atoms with Gasteiger partial charge < -0.3 is 0 Å². The van der Waals surface area contributed by atoms with Gasteiger partial charge in [0.05, 0.1) is 69.5 Å².